The average Bonchev–Trinajstić information content (AvgIpc) is 3.57. The van der Waals surface area contributed by atoms with Gasteiger partial charge < -0.3 is 24.8 Å². The van der Waals surface area contributed by atoms with Crippen LogP contribution >= 0.6 is 0 Å². The van der Waals surface area contributed by atoms with Gasteiger partial charge in [-0.15, -0.1) is 0 Å². The summed E-state index contributed by atoms with van der Waals surface area (Å²) in [6.45, 7) is 4.10. The molecule has 0 aromatic carbocycles. The van der Waals surface area contributed by atoms with Gasteiger partial charge in [-0.05, 0) is 45.1 Å². The highest BCUT2D eigenvalue weighted by Gasteiger charge is 2.34. The number of hydrogen-bond donors (Lipinski definition) is 3. The third kappa shape index (κ3) is 16.5. The fraction of sp³-hybridized carbons (Fsp3) is 0.914. The van der Waals surface area contributed by atoms with Gasteiger partial charge in [0, 0.05) is 12.0 Å². The molecular weight excluding hydrogens is 516 g/mol. The number of hydrogen-bond acceptors (Lipinski definition) is 6. The van der Waals surface area contributed by atoms with Crippen LogP contribution in [0.15, 0.2) is 11.6 Å². The number of aliphatic hydroxyl groups is 3. The first-order chi connectivity index (χ1) is 19.9. The van der Waals surface area contributed by atoms with E-state index in [1.54, 1.807) is 0 Å². The number of unbranched alkanes of at least 4 members (excludes halogenated alkanes) is 16. The van der Waals surface area contributed by atoms with Crippen molar-refractivity contribution in [3.63, 3.8) is 0 Å². The van der Waals surface area contributed by atoms with Crippen molar-refractivity contribution in [3.8, 4) is 0 Å². The monoisotopic (exact) mass is 580 g/mol. The SMILES string of the molecule is CCCCCCCCCCCC[C@H](O)[C@H]1CC[C@H]([C@H](O)CCCCCCCCCC[C@H](O)CC2=C[C@H](C)OC2=O)O1. The second-order valence-electron chi connectivity index (χ2n) is 13.0. The molecular formula is C35H64O6. The maximum absolute atomic E-state index is 11.6. The molecule has 0 aromatic rings. The molecule has 2 rings (SSSR count). The molecule has 1 fully saturated rings. The molecule has 1 saturated heterocycles. The van der Waals surface area contributed by atoms with Crippen LogP contribution in [0.5, 0.6) is 0 Å². The molecule has 2 aliphatic heterocycles. The molecule has 6 nitrogen and oxygen atoms in total. The third-order valence-corrected chi connectivity index (χ3v) is 9.03. The standard InChI is InChI=1S/C35H64O6/c1-3-4-5-6-7-8-9-13-16-19-22-31(37)33-24-25-34(41-33)32(38)23-20-17-14-11-10-12-15-18-21-30(36)27-29-26-28(2)40-35(29)39/h26,28,30-34,36-38H,3-25,27H2,1-2H3/t28-,30-,31-,32+,33+,34+/m0/s1. The van der Waals surface area contributed by atoms with Crippen molar-refractivity contribution in [2.24, 2.45) is 0 Å². The molecule has 0 aliphatic carbocycles. The van der Waals surface area contributed by atoms with Crippen molar-refractivity contribution in [1.82, 2.24) is 0 Å². The molecule has 3 N–H and O–H groups in total. The summed E-state index contributed by atoms with van der Waals surface area (Å²) in [6, 6.07) is 0. The van der Waals surface area contributed by atoms with Crippen molar-refractivity contribution in [1.29, 1.82) is 0 Å². The summed E-state index contributed by atoms with van der Waals surface area (Å²) in [6.07, 6.45) is 26.7. The molecule has 240 valence electrons. The molecule has 41 heavy (non-hydrogen) atoms. The second-order valence-corrected chi connectivity index (χ2v) is 13.0. The maximum Gasteiger partial charge on any atom is 0.334 e. The van der Waals surface area contributed by atoms with Crippen LogP contribution in [0.25, 0.3) is 0 Å². The van der Waals surface area contributed by atoms with Gasteiger partial charge in [-0.1, -0.05) is 122 Å². The summed E-state index contributed by atoms with van der Waals surface area (Å²) in [5.74, 6) is -0.280. The van der Waals surface area contributed by atoms with Gasteiger partial charge in [-0.25, -0.2) is 4.79 Å². The number of esters is 1. The maximum atomic E-state index is 11.6. The lowest BCUT2D eigenvalue weighted by Crippen LogP contribution is -2.31. The highest BCUT2D eigenvalue weighted by atomic mass is 16.5. The van der Waals surface area contributed by atoms with Gasteiger partial charge in [-0.3, -0.25) is 0 Å². The summed E-state index contributed by atoms with van der Waals surface area (Å²) in [4.78, 5) is 11.6. The van der Waals surface area contributed by atoms with Crippen LogP contribution in [0.4, 0.5) is 0 Å². The summed E-state index contributed by atoms with van der Waals surface area (Å²) in [7, 11) is 0. The van der Waals surface area contributed by atoms with Gasteiger partial charge in [0.25, 0.3) is 0 Å². The van der Waals surface area contributed by atoms with Gasteiger partial charge in [0.15, 0.2) is 0 Å². The van der Waals surface area contributed by atoms with E-state index in [4.69, 9.17) is 9.47 Å². The molecule has 0 saturated carbocycles. The van der Waals surface area contributed by atoms with E-state index in [0.29, 0.717) is 12.0 Å². The van der Waals surface area contributed by atoms with Crippen LogP contribution in [-0.4, -0.2) is 57.9 Å². The van der Waals surface area contributed by atoms with E-state index in [1.807, 2.05) is 13.0 Å². The van der Waals surface area contributed by atoms with E-state index in [9.17, 15) is 20.1 Å². The summed E-state index contributed by atoms with van der Waals surface area (Å²) in [5.41, 5.74) is 0.617. The van der Waals surface area contributed by atoms with E-state index in [1.165, 1.54) is 83.5 Å². The number of carbonyl (C=O) groups excluding carboxylic acids is 1. The van der Waals surface area contributed by atoms with Crippen molar-refractivity contribution >= 4 is 5.97 Å². The molecule has 6 heteroatoms. The Balaban J connectivity index is 1.37. The molecule has 6 atom stereocenters. The average molecular weight is 581 g/mol. The van der Waals surface area contributed by atoms with Crippen LogP contribution in [0.2, 0.25) is 0 Å². The highest BCUT2D eigenvalue weighted by Crippen LogP contribution is 2.28. The fourth-order valence-electron chi connectivity index (χ4n) is 6.40. The lowest BCUT2D eigenvalue weighted by molar-refractivity contribution is -0.139. The third-order valence-electron chi connectivity index (χ3n) is 9.03. The number of rotatable bonds is 26. The molecule has 0 unspecified atom stereocenters. The van der Waals surface area contributed by atoms with Gasteiger partial charge >= 0.3 is 5.97 Å². The number of ether oxygens (including phenoxy) is 2. The smallest absolute Gasteiger partial charge is 0.334 e. The zero-order valence-electron chi connectivity index (χ0n) is 26.6. The Morgan fingerprint density at radius 2 is 1.10 bits per heavy atom. The van der Waals surface area contributed by atoms with Crippen LogP contribution < -0.4 is 0 Å². The Morgan fingerprint density at radius 3 is 1.51 bits per heavy atom. The first kappa shape index (κ1) is 36.2. The van der Waals surface area contributed by atoms with Gasteiger partial charge in [0.2, 0.25) is 0 Å². The lowest BCUT2D eigenvalue weighted by Gasteiger charge is -2.22. The molecule has 2 heterocycles. The summed E-state index contributed by atoms with van der Waals surface area (Å²) >= 11 is 0. The Kier molecular flexibility index (Phi) is 20.0. The minimum atomic E-state index is -0.461. The Hall–Kier alpha value is -0.950. The zero-order chi connectivity index (χ0) is 29.7. The van der Waals surface area contributed by atoms with E-state index in [0.717, 1.165) is 64.2 Å². The predicted molar refractivity (Wildman–Crippen MR) is 167 cm³/mol. The summed E-state index contributed by atoms with van der Waals surface area (Å²) < 4.78 is 11.2. The minimum absolute atomic E-state index is 0.102. The first-order valence-electron chi connectivity index (χ1n) is 17.5. The van der Waals surface area contributed by atoms with Crippen molar-refractivity contribution in [2.75, 3.05) is 0 Å². The topological polar surface area (TPSA) is 96.2 Å². The quantitative estimate of drug-likeness (QED) is 0.0707. The second kappa shape index (κ2) is 22.6. The molecule has 0 spiro atoms. The number of cyclic esters (lactones) is 1. The van der Waals surface area contributed by atoms with Gasteiger partial charge in [0.05, 0.1) is 30.5 Å². The highest BCUT2D eigenvalue weighted by molar-refractivity contribution is 5.90. The van der Waals surface area contributed by atoms with Gasteiger partial charge in [0.1, 0.15) is 6.10 Å². The van der Waals surface area contributed by atoms with Crippen LogP contribution in [0.1, 0.15) is 168 Å². The van der Waals surface area contributed by atoms with Gasteiger partial charge in [-0.2, -0.15) is 0 Å². The zero-order valence-corrected chi connectivity index (χ0v) is 26.6. The predicted octanol–water partition coefficient (Wildman–Crippen LogP) is 8.09. The Labute approximate surface area is 251 Å². The molecule has 0 radical (unpaired) electrons. The molecule has 2 aliphatic rings. The lowest BCUT2D eigenvalue weighted by atomic mass is 9.99. The molecule has 0 aromatic heterocycles. The van der Waals surface area contributed by atoms with E-state index in [2.05, 4.69) is 6.92 Å². The van der Waals surface area contributed by atoms with Crippen molar-refractivity contribution < 1.29 is 29.6 Å². The fourth-order valence-corrected chi connectivity index (χ4v) is 6.40. The largest absolute Gasteiger partial charge is 0.455 e. The van der Waals surface area contributed by atoms with E-state index >= 15 is 0 Å². The van der Waals surface area contributed by atoms with Crippen LogP contribution in [0, 0.1) is 0 Å². The minimum Gasteiger partial charge on any atom is -0.455 e. The van der Waals surface area contributed by atoms with Crippen molar-refractivity contribution in [3.05, 3.63) is 11.6 Å². The summed E-state index contributed by atoms with van der Waals surface area (Å²) in [5, 5.41) is 31.4. The Morgan fingerprint density at radius 1 is 0.683 bits per heavy atom. The van der Waals surface area contributed by atoms with Crippen LogP contribution in [-0.2, 0) is 14.3 Å². The number of carbonyl (C=O) groups is 1. The number of aliphatic hydroxyl groups excluding tert-OH is 3. The molecule has 0 bridgehead atoms. The normalized spacial score (nSPS) is 23.0. The van der Waals surface area contributed by atoms with Crippen LogP contribution in [0.3, 0.4) is 0 Å². The van der Waals surface area contributed by atoms with E-state index < -0.39 is 18.3 Å². The molecule has 0 amide bonds. The van der Waals surface area contributed by atoms with E-state index in [-0.39, 0.29) is 24.3 Å². The first-order valence-corrected chi connectivity index (χ1v) is 17.5. The van der Waals surface area contributed by atoms with Crippen molar-refractivity contribution in [2.45, 2.75) is 205 Å². The Bertz CT molecular complexity index is 694.